The van der Waals surface area contributed by atoms with Crippen LogP contribution in [0.2, 0.25) is 0 Å². The zero-order valence-corrected chi connectivity index (χ0v) is 21.7. The van der Waals surface area contributed by atoms with Crippen LogP contribution in [0.3, 0.4) is 0 Å². The van der Waals surface area contributed by atoms with Crippen molar-refractivity contribution in [2.75, 3.05) is 12.4 Å². The Hall–Kier alpha value is -3.09. The van der Waals surface area contributed by atoms with E-state index in [4.69, 9.17) is 4.18 Å². The van der Waals surface area contributed by atoms with Crippen LogP contribution in [0.5, 0.6) is 0 Å². The minimum absolute atomic E-state index is 0.00480. The summed E-state index contributed by atoms with van der Waals surface area (Å²) in [4.78, 5) is 21.2. The van der Waals surface area contributed by atoms with Gasteiger partial charge in [0.1, 0.15) is 36.2 Å². The molecular formula is C22H23F3N6O6S2. The molecule has 0 amide bonds. The molecule has 4 atom stereocenters. The van der Waals surface area contributed by atoms with Crippen molar-refractivity contribution in [3.63, 3.8) is 0 Å². The van der Waals surface area contributed by atoms with Gasteiger partial charge < -0.3 is 15.5 Å². The standard InChI is InChI=1S/C22H23F3N6O6S2/c1-26-39(35,36)37-17-8-16(19(33)20(17)34)29-21-14(9-27-11-28-21)18(32)15-6-7-31(30-15)10-12-2-4-13(5-3-12)38-22(23,24)25/h2-7,9,11,16-17,19-20,26,33-34H,8,10H2,1H3,(H,27,28,29)/t16-,17-,19+,20+/m1/s1. The third kappa shape index (κ3) is 7.31. The first-order valence-electron chi connectivity index (χ1n) is 11.3. The summed E-state index contributed by atoms with van der Waals surface area (Å²) in [6.07, 6.45) is -0.378. The van der Waals surface area contributed by atoms with Gasteiger partial charge in [-0.2, -0.15) is 31.4 Å². The van der Waals surface area contributed by atoms with Crippen LogP contribution in [0.1, 0.15) is 28.0 Å². The zero-order valence-electron chi connectivity index (χ0n) is 20.1. The SMILES string of the molecule is CNS(=O)(=O)O[C@@H]1C[C@@H](Nc2ncncc2C(=O)c2ccn(Cc3ccc(SC(F)(F)F)cc3)n2)[C@H](O)[C@H]1O. The summed E-state index contributed by atoms with van der Waals surface area (Å²) in [5.41, 5.74) is -3.68. The average Bonchev–Trinajstić information content (AvgIpc) is 3.44. The number of anilines is 1. The van der Waals surface area contributed by atoms with Crippen LogP contribution in [0, 0.1) is 0 Å². The fraction of sp³-hybridized carbons (Fsp3) is 0.364. The molecule has 2 aromatic heterocycles. The van der Waals surface area contributed by atoms with E-state index in [1.807, 2.05) is 4.72 Å². The lowest BCUT2D eigenvalue weighted by Gasteiger charge is -2.19. The monoisotopic (exact) mass is 588 g/mol. The largest absolute Gasteiger partial charge is 0.446 e. The summed E-state index contributed by atoms with van der Waals surface area (Å²) in [5.74, 6) is -0.539. The molecule has 1 aliphatic rings. The van der Waals surface area contributed by atoms with Gasteiger partial charge in [0, 0.05) is 30.8 Å². The van der Waals surface area contributed by atoms with Gasteiger partial charge in [0.25, 0.3) is 0 Å². The third-order valence-corrected chi connectivity index (χ3v) is 7.52. The molecule has 0 aliphatic heterocycles. The molecule has 0 saturated heterocycles. The smallest absolute Gasteiger partial charge is 0.388 e. The highest BCUT2D eigenvalue weighted by molar-refractivity contribution is 8.00. The number of halogens is 3. The highest BCUT2D eigenvalue weighted by Gasteiger charge is 2.44. The van der Waals surface area contributed by atoms with Crippen molar-refractivity contribution in [2.45, 2.75) is 47.7 Å². The first-order valence-corrected chi connectivity index (χ1v) is 13.5. The van der Waals surface area contributed by atoms with Crippen molar-refractivity contribution in [2.24, 2.45) is 0 Å². The molecule has 0 spiro atoms. The summed E-state index contributed by atoms with van der Waals surface area (Å²) in [6, 6.07) is 6.30. The number of alkyl halides is 3. The van der Waals surface area contributed by atoms with E-state index in [9.17, 15) is 36.6 Å². The van der Waals surface area contributed by atoms with Crippen molar-refractivity contribution >= 4 is 33.7 Å². The van der Waals surface area contributed by atoms with Crippen LogP contribution < -0.4 is 10.0 Å². The van der Waals surface area contributed by atoms with Gasteiger partial charge in [0.2, 0.25) is 5.78 Å². The van der Waals surface area contributed by atoms with Gasteiger partial charge in [-0.25, -0.2) is 9.97 Å². The number of aromatic nitrogens is 4. The lowest BCUT2D eigenvalue weighted by molar-refractivity contribution is -0.0328. The van der Waals surface area contributed by atoms with Gasteiger partial charge in [-0.3, -0.25) is 13.7 Å². The molecule has 1 fully saturated rings. The highest BCUT2D eigenvalue weighted by atomic mass is 32.2. The Morgan fingerprint density at radius 1 is 1.21 bits per heavy atom. The Morgan fingerprint density at radius 3 is 2.59 bits per heavy atom. The second-order valence-electron chi connectivity index (χ2n) is 8.47. The maximum atomic E-state index is 13.2. The van der Waals surface area contributed by atoms with Crippen LogP contribution in [0.25, 0.3) is 0 Å². The molecule has 1 aliphatic carbocycles. The minimum Gasteiger partial charge on any atom is -0.388 e. The number of aliphatic hydroxyl groups excluding tert-OH is 2. The summed E-state index contributed by atoms with van der Waals surface area (Å²) in [6.45, 7) is 0.198. The number of rotatable bonds is 10. The second kappa shape index (κ2) is 11.6. The quantitative estimate of drug-likeness (QED) is 0.199. The topological polar surface area (TPSA) is 169 Å². The van der Waals surface area contributed by atoms with Crippen molar-refractivity contribution < 1.29 is 40.8 Å². The first kappa shape index (κ1) is 28.9. The Bertz CT molecular complexity index is 1420. The molecule has 2 heterocycles. The molecule has 4 N–H and O–H groups in total. The van der Waals surface area contributed by atoms with Crippen molar-refractivity contribution in [3.8, 4) is 0 Å². The third-order valence-electron chi connectivity index (χ3n) is 5.78. The van der Waals surface area contributed by atoms with Gasteiger partial charge in [-0.05, 0) is 35.5 Å². The summed E-state index contributed by atoms with van der Waals surface area (Å²) < 4.78 is 69.2. The number of nitrogens with one attached hydrogen (secondary N) is 2. The number of aliphatic hydroxyl groups is 2. The van der Waals surface area contributed by atoms with Crippen molar-refractivity contribution in [1.29, 1.82) is 0 Å². The number of ketones is 1. The Kier molecular flexibility index (Phi) is 8.57. The van der Waals surface area contributed by atoms with E-state index in [-0.39, 0.29) is 46.7 Å². The Balaban J connectivity index is 1.45. The molecule has 1 saturated carbocycles. The van der Waals surface area contributed by atoms with Crippen LogP contribution in [-0.4, -0.2) is 81.1 Å². The minimum atomic E-state index is -4.38. The van der Waals surface area contributed by atoms with E-state index >= 15 is 0 Å². The molecule has 0 radical (unpaired) electrons. The van der Waals surface area contributed by atoms with E-state index in [2.05, 4.69) is 20.4 Å². The predicted molar refractivity (Wildman–Crippen MR) is 132 cm³/mol. The molecule has 210 valence electrons. The van der Waals surface area contributed by atoms with E-state index in [1.165, 1.54) is 47.4 Å². The predicted octanol–water partition coefficient (Wildman–Crippen LogP) is 1.32. The number of hydrogen-bond donors (Lipinski definition) is 4. The molecule has 17 heteroatoms. The molecule has 0 bridgehead atoms. The summed E-state index contributed by atoms with van der Waals surface area (Å²) >= 11 is -0.214. The molecule has 12 nitrogen and oxygen atoms in total. The van der Waals surface area contributed by atoms with Crippen molar-refractivity contribution in [1.82, 2.24) is 24.5 Å². The highest BCUT2D eigenvalue weighted by Crippen LogP contribution is 2.36. The van der Waals surface area contributed by atoms with E-state index < -0.39 is 45.9 Å². The number of carbonyl (C=O) groups is 1. The first-order chi connectivity index (χ1) is 18.3. The van der Waals surface area contributed by atoms with Crippen molar-refractivity contribution in [3.05, 3.63) is 65.9 Å². The lowest BCUT2D eigenvalue weighted by atomic mass is 10.1. The van der Waals surface area contributed by atoms with Gasteiger partial charge >= 0.3 is 15.8 Å². The van der Waals surface area contributed by atoms with Gasteiger partial charge in [-0.15, -0.1) is 0 Å². The summed E-state index contributed by atoms with van der Waals surface area (Å²) in [5, 5.41) is 27.7. The van der Waals surface area contributed by atoms with E-state index in [0.29, 0.717) is 5.56 Å². The van der Waals surface area contributed by atoms with Crippen LogP contribution in [0.15, 0.2) is 53.9 Å². The summed E-state index contributed by atoms with van der Waals surface area (Å²) in [7, 11) is -2.99. The molecular weight excluding hydrogens is 565 g/mol. The number of carbonyl (C=O) groups excluding carboxylic acids is 1. The molecule has 1 aromatic carbocycles. The molecule has 0 unspecified atom stereocenters. The van der Waals surface area contributed by atoms with E-state index in [0.717, 1.165) is 13.4 Å². The fourth-order valence-corrected chi connectivity index (χ4v) is 5.07. The fourth-order valence-electron chi connectivity index (χ4n) is 3.92. The van der Waals surface area contributed by atoms with Gasteiger partial charge in [-0.1, -0.05) is 12.1 Å². The molecule has 39 heavy (non-hydrogen) atoms. The lowest BCUT2D eigenvalue weighted by Crippen LogP contribution is -2.38. The van der Waals surface area contributed by atoms with Crippen LogP contribution >= 0.6 is 11.8 Å². The Labute approximate surface area is 224 Å². The maximum Gasteiger partial charge on any atom is 0.446 e. The second-order valence-corrected chi connectivity index (χ2v) is 11.1. The number of hydrogen-bond acceptors (Lipinski definition) is 11. The average molecular weight is 589 g/mol. The molecule has 3 aromatic rings. The maximum absolute atomic E-state index is 13.2. The number of nitrogens with zero attached hydrogens (tertiary/aromatic N) is 4. The zero-order chi connectivity index (χ0) is 28.4. The van der Waals surface area contributed by atoms with Crippen LogP contribution in [0.4, 0.5) is 19.0 Å². The number of benzene rings is 1. The Morgan fingerprint density at radius 2 is 1.92 bits per heavy atom. The van der Waals surface area contributed by atoms with Crippen LogP contribution in [-0.2, 0) is 21.0 Å². The number of thioether (sulfide) groups is 1. The van der Waals surface area contributed by atoms with Gasteiger partial charge in [0.05, 0.1) is 18.2 Å². The van der Waals surface area contributed by atoms with E-state index in [1.54, 1.807) is 0 Å². The van der Waals surface area contributed by atoms with Gasteiger partial charge in [0.15, 0.2) is 0 Å². The normalized spacial score (nSPS) is 21.7. The molecule has 4 rings (SSSR count).